The van der Waals surface area contributed by atoms with Crippen molar-refractivity contribution < 1.29 is 10.1 Å². The van der Waals surface area contributed by atoms with Crippen LogP contribution in [0.1, 0.15) is 38.5 Å². The first-order valence-corrected chi connectivity index (χ1v) is 10.3. The third kappa shape index (κ3) is 3.08. The Morgan fingerprint density at radius 1 is 1.00 bits per heavy atom. The van der Waals surface area contributed by atoms with Gasteiger partial charge in [-0.25, -0.2) is 9.97 Å². The highest BCUT2D eigenvalue weighted by Gasteiger charge is 2.53. The van der Waals surface area contributed by atoms with Crippen molar-refractivity contribution in [2.45, 2.75) is 44.1 Å². The number of aromatic nitrogens is 2. The molecular weight excluding hydrogens is 326 g/mol. The van der Waals surface area contributed by atoms with Crippen molar-refractivity contribution in [2.24, 2.45) is 17.8 Å². The molecule has 0 spiro atoms. The van der Waals surface area contributed by atoms with Crippen LogP contribution in [0.3, 0.4) is 0 Å². The highest BCUT2D eigenvalue weighted by molar-refractivity contribution is 5.77. The molecule has 0 atom stereocenters. The quantitative estimate of drug-likeness (QED) is 0.861. The van der Waals surface area contributed by atoms with Crippen molar-refractivity contribution in [2.75, 3.05) is 37.6 Å². The standard InChI is InChI=1S/C20H29N5O/c26-18(24-4-6-25(7-5-24)19-21-2-1-3-22-19)14-23-20-11-15-8-16(12-20)10-17(9-15)13-20/h1-3,15-17,23H,4-14H2/p+1. The SMILES string of the molecule is O=C(C[NH2+]C12CC3CC(CC(C3)C1)C2)N1CCN(c2ncccn2)CC1. The van der Waals surface area contributed by atoms with Gasteiger partial charge in [-0.05, 0) is 43.1 Å². The van der Waals surface area contributed by atoms with Crippen molar-refractivity contribution in [3.05, 3.63) is 18.5 Å². The molecule has 2 heterocycles. The summed E-state index contributed by atoms with van der Waals surface area (Å²) in [6.45, 7) is 3.85. The minimum atomic E-state index is 0.314. The van der Waals surface area contributed by atoms with E-state index in [4.69, 9.17) is 0 Å². The fourth-order valence-corrected chi connectivity index (χ4v) is 6.47. The molecule has 1 aromatic heterocycles. The summed E-state index contributed by atoms with van der Waals surface area (Å²) in [6, 6.07) is 1.84. The Bertz CT molecular complexity index is 620. The third-order valence-electron chi connectivity index (χ3n) is 7.26. The molecule has 1 aliphatic heterocycles. The van der Waals surface area contributed by atoms with E-state index < -0.39 is 0 Å². The minimum absolute atomic E-state index is 0.314. The molecule has 0 radical (unpaired) electrons. The number of amides is 1. The molecule has 26 heavy (non-hydrogen) atoms. The Morgan fingerprint density at radius 2 is 1.58 bits per heavy atom. The predicted molar refractivity (Wildman–Crippen MR) is 98.5 cm³/mol. The first-order chi connectivity index (χ1) is 12.7. The number of piperazine rings is 1. The second-order valence-electron chi connectivity index (χ2n) is 9.10. The molecule has 1 aromatic rings. The summed E-state index contributed by atoms with van der Waals surface area (Å²) in [4.78, 5) is 25.6. The van der Waals surface area contributed by atoms with E-state index in [1.165, 1.54) is 38.5 Å². The van der Waals surface area contributed by atoms with Crippen LogP contribution in [0.4, 0.5) is 5.95 Å². The predicted octanol–water partition coefficient (Wildman–Crippen LogP) is 0.657. The zero-order valence-electron chi connectivity index (χ0n) is 15.5. The summed E-state index contributed by atoms with van der Waals surface area (Å²) in [5, 5.41) is 2.44. The van der Waals surface area contributed by atoms with E-state index in [2.05, 4.69) is 20.2 Å². The summed E-state index contributed by atoms with van der Waals surface area (Å²) >= 11 is 0. The van der Waals surface area contributed by atoms with E-state index in [9.17, 15) is 4.79 Å². The number of nitrogens with two attached hydrogens (primary N) is 1. The van der Waals surface area contributed by atoms with Gasteiger partial charge in [0.05, 0.1) is 5.54 Å². The molecule has 4 aliphatic carbocycles. The number of anilines is 1. The van der Waals surface area contributed by atoms with Gasteiger partial charge in [0.1, 0.15) is 0 Å². The van der Waals surface area contributed by atoms with E-state index in [1.807, 2.05) is 11.0 Å². The molecule has 6 rings (SSSR count). The largest absolute Gasteiger partial charge is 0.337 e. The normalized spacial score (nSPS) is 35.8. The van der Waals surface area contributed by atoms with Gasteiger partial charge in [0.15, 0.2) is 6.54 Å². The van der Waals surface area contributed by atoms with Crippen LogP contribution in [0.15, 0.2) is 18.5 Å². The topological polar surface area (TPSA) is 65.9 Å². The van der Waals surface area contributed by atoms with Gasteiger partial charge in [-0.2, -0.15) is 0 Å². The van der Waals surface area contributed by atoms with Gasteiger partial charge >= 0.3 is 0 Å². The molecule has 2 N–H and O–H groups in total. The lowest BCUT2D eigenvalue weighted by Crippen LogP contribution is -3.00. The Balaban J connectivity index is 1.14. The fourth-order valence-electron chi connectivity index (χ4n) is 6.47. The summed E-state index contributed by atoms with van der Waals surface area (Å²) in [5.41, 5.74) is 0.393. The smallest absolute Gasteiger partial charge is 0.277 e. The molecule has 0 aromatic carbocycles. The molecule has 5 fully saturated rings. The maximum absolute atomic E-state index is 12.8. The van der Waals surface area contributed by atoms with E-state index >= 15 is 0 Å². The van der Waals surface area contributed by atoms with Gasteiger partial charge in [0.2, 0.25) is 5.95 Å². The summed E-state index contributed by atoms with van der Waals surface area (Å²) in [7, 11) is 0. The van der Waals surface area contributed by atoms with E-state index in [1.54, 1.807) is 12.4 Å². The molecular formula is C20H30N5O+. The number of rotatable bonds is 4. The molecule has 1 amide bonds. The summed E-state index contributed by atoms with van der Waals surface area (Å²) < 4.78 is 0. The van der Waals surface area contributed by atoms with E-state index in [0.29, 0.717) is 18.0 Å². The van der Waals surface area contributed by atoms with Crippen LogP contribution in [0.25, 0.3) is 0 Å². The number of hydrogen-bond donors (Lipinski definition) is 1. The van der Waals surface area contributed by atoms with Crippen LogP contribution in [0.5, 0.6) is 0 Å². The van der Waals surface area contributed by atoms with Crippen LogP contribution in [-0.4, -0.2) is 59.0 Å². The summed E-state index contributed by atoms with van der Waals surface area (Å²) in [5.74, 6) is 3.93. The van der Waals surface area contributed by atoms with Crippen LogP contribution in [0, 0.1) is 17.8 Å². The second kappa shape index (κ2) is 6.48. The second-order valence-corrected chi connectivity index (χ2v) is 9.10. The Kier molecular flexibility index (Phi) is 4.11. The monoisotopic (exact) mass is 356 g/mol. The first-order valence-electron chi connectivity index (χ1n) is 10.3. The Morgan fingerprint density at radius 3 is 2.15 bits per heavy atom. The zero-order chi connectivity index (χ0) is 17.6. The zero-order valence-corrected chi connectivity index (χ0v) is 15.5. The van der Waals surface area contributed by atoms with Crippen LogP contribution in [-0.2, 0) is 4.79 Å². The number of hydrogen-bond acceptors (Lipinski definition) is 4. The molecule has 4 bridgehead atoms. The minimum Gasteiger partial charge on any atom is -0.337 e. The molecule has 0 unspecified atom stereocenters. The third-order valence-corrected chi connectivity index (χ3v) is 7.26. The lowest BCUT2D eigenvalue weighted by Gasteiger charge is -2.54. The highest BCUT2D eigenvalue weighted by Crippen LogP contribution is 2.54. The van der Waals surface area contributed by atoms with Gasteiger partial charge in [0, 0.05) is 57.8 Å². The van der Waals surface area contributed by atoms with Crippen molar-refractivity contribution >= 4 is 11.9 Å². The Hall–Kier alpha value is -1.69. The highest BCUT2D eigenvalue weighted by atomic mass is 16.2. The summed E-state index contributed by atoms with van der Waals surface area (Å²) in [6.07, 6.45) is 12.0. The van der Waals surface area contributed by atoms with Crippen molar-refractivity contribution in [3.63, 3.8) is 0 Å². The van der Waals surface area contributed by atoms with Gasteiger partial charge in [0.25, 0.3) is 5.91 Å². The molecule has 140 valence electrons. The maximum Gasteiger partial charge on any atom is 0.277 e. The molecule has 5 aliphatic rings. The van der Waals surface area contributed by atoms with Gasteiger partial charge in [-0.1, -0.05) is 0 Å². The van der Waals surface area contributed by atoms with Gasteiger partial charge in [-0.3, -0.25) is 4.79 Å². The van der Waals surface area contributed by atoms with E-state index in [0.717, 1.165) is 49.9 Å². The van der Waals surface area contributed by atoms with Crippen molar-refractivity contribution in [3.8, 4) is 0 Å². The number of quaternary nitrogens is 1. The number of carbonyl (C=O) groups excluding carboxylic acids is 1. The van der Waals surface area contributed by atoms with Crippen LogP contribution in [0.2, 0.25) is 0 Å². The average Bonchev–Trinajstić information content (AvgIpc) is 2.66. The van der Waals surface area contributed by atoms with Crippen LogP contribution < -0.4 is 10.2 Å². The Labute approximate surface area is 155 Å². The lowest BCUT2D eigenvalue weighted by molar-refractivity contribution is -0.730. The van der Waals surface area contributed by atoms with Crippen molar-refractivity contribution in [1.82, 2.24) is 14.9 Å². The first kappa shape index (κ1) is 16.5. The van der Waals surface area contributed by atoms with Gasteiger partial charge in [-0.15, -0.1) is 0 Å². The molecule has 6 nitrogen and oxygen atoms in total. The average molecular weight is 356 g/mol. The molecule has 4 saturated carbocycles. The van der Waals surface area contributed by atoms with Crippen LogP contribution >= 0.6 is 0 Å². The molecule has 6 heteroatoms. The number of nitrogens with zero attached hydrogens (tertiary/aromatic N) is 4. The molecule has 1 saturated heterocycles. The van der Waals surface area contributed by atoms with Crippen molar-refractivity contribution in [1.29, 1.82) is 0 Å². The lowest BCUT2D eigenvalue weighted by atomic mass is 9.53. The van der Waals surface area contributed by atoms with Gasteiger partial charge < -0.3 is 15.1 Å². The van der Waals surface area contributed by atoms with E-state index in [-0.39, 0.29) is 0 Å². The fraction of sp³-hybridized carbons (Fsp3) is 0.750. The maximum atomic E-state index is 12.8. The number of carbonyl (C=O) groups is 1.